The second-order valence-electron chi connectivity index (χ2n) is 5.76. The van der Waals surface area contributed by atoms with Crippen molar-refractivity contribution in [1.29, 1.82) is 0 Å². The van der Waals surface area contributed by atoms with Gasteiger partial charge < -0.3 is 10.1 Å². The molecule has 1 aliphatic heterocycles. The summed E-state index contributed by atoms with van der Waals surface area (Å²) in [7, 11) is 0. The molecule has 1 unspecified atom stereocenters. The molecule has 21 heavy (non-hydrogen) atoms. The normalized spacial score (nSPS) is 17.7. The van der Waals surface area contributed by atoms with Crippen molar-refractivity contribution < 1.29 is 14.3 Å². The highest BCUT2D eigenvalue weighted by molar-refractivity contribution is 5.95. The number of amides is 1. The molecule has 0 spiro atoms. The van der Waals surface area contributed by atoms with E-state index >= 15 is 0 Å². The fourth-order valence-electron chi connectivity index (χ4n) is 2.03. The average molecular weight is 289 g/mol. The third kappa shape index (κ3) is 4.05. The van der Waals surface area contributed by atoms with Crippen LogP contribution in [0.5, 0.6) is 0 Å². The topological polar surface area (TPSA) is 79.8 Å². The summed E-state index contributed by atoms with van der Waals surface area (Å²) in [6.45, 7) is 5.83. The largest absolute Gasteiger partial charge is 0.444 e. The number of alkyl carbamates (subject to hydrolysis) is 1. The van der Waals surface area contributed by atoms with Crippen molar-refractivity contribution in [2.45, 2.75) is 32.4 Å². The minimum atomic E-state index is -0.563. The van der Waals surface area contributed by atoms with Crippen LogP contribution >= 0.6 is 0 Å². The molecule has 0 bridgehead atoms. The van der Waals surface area contributed by atoms with Gasteiger partial charge in [-0.1, -0.05) is 24.3 Å². The summed E-state index contributed by atoms with van der Waals surface area (Å²) in [6.07, 6.45) is 0.258. The molecule has 0 radical (unpaired) electrons. The van der Waals surface area contributed by atoms with Crippen LogP contribution in [0.25, 0.3) is 0 Å². The molecule has 2 N–H and O–H groups in total. The first-order valence-electron chi connectivity index (χ1n) is 6.74. The maximum absolute atomic E-state index is 11.7. The van der Waals surface area contributed by atoms with Gasteiger partial charge in [0.25, 0.3) is 0 Å². The van der Waals surface area contributed by atoms with E-state index in [-0.39, 0.29) is 6.04 Å². The van der Waals surface area contributed by atoms with Gasteiger partial charge in [-0.05, 0) is 26.3 Å². The number of aldehydes is 1. The zero-order valence-corrected chi connectivity index (χ0v) is 12.3. The van der Waals surface area contributed by atoms with Crippen LogP contribution in [0, 0.1) is 0 Å². The molecule has 6 heteroatoms. The Morgan fingerprint density at radius 2 is 2.14 bits per heavy atom. The number of guanidine groups is 1. The van der Waals surface area contributed by atoms with Gasteiger partial charge in [-0.2, -0.15) is 0 Å². The van der Waals surface area contributed by atoms with Crippen molar-refractivity contribution in [2.24, 2.45) is 4.99 Å². The monoisotopic (exact) mass is 289 g/mol. The lowest BCUT2D eigenvalue weighted by Gasteiger charge is -2.20. The third-order valence-electron chi connectivity index (χ3n) is 2.86. The highest BCUT2D eigenvalue weighted by atomic mass is 16.6. The van der Waals surface area contributed by atoms with E-state index in [0.29, 0.717) is 18.1 Å². The molecule has 0 aromatic heterocycles. The fraction of sp³-hybridized carbons (Fsp3) is 0.400. The molecule has 1 aromatic carbocycles. The third-order valence-corrected chi connectivity index (χ3v) is 2.86. The van der Waals surface area contributed by atoms with Crippen LogP contribution in [0.15, 0.2) is 29.3 Å². The zero-order valence-electron chi connectivity index (χ0n) is 12.3. The Kier molecular flexibility index (Phi) is 4.26. The highest BCUT2D eigenvalue weighted by Crippen LogP contribution is 2.20. The Balaban J connectivity index is 1.97. The Labute approximate surface area is 123 Å². The van der Waals surface area contributed by atoms with Crippen LogP contribution in [-0.2, 0) is 4.74 Å². The summed E-state index contributed by atoms with van der Waals surface area (Å²) in [5, 5.41) is 5.64. The Bertz CT molecular complexity index is 576. The van der Waals surface area contributed by atoms with Gasteiger partial charge in [0, 0.05) is 5.56 Å². The van der Waals surface area contributed by atoms with E-state index in [1.165, 1.54) is 0 Å². The minimum Gasteiger partial charge on any atom is -0.444 e. The van der Waals surface area contributed by atoms with E-state index in [4.69, 9.17) is 4.74 Å². The fourth-order valence-corrected chi connectivity index (χ4v) is 2.03. The van der Waals surface area contributed by atoms with Crippen molar-refractivity contribution in [2.75, 3.05) is 6.54 Å². The lowest BCUT2D eigenvalue weighted by Crippen LogP contribution is -2.42. The molecule has 1 amide bonds. The van der Waals surface area contributed by atoms with Gasteiger partial charge in [-0.3, -0.25) is 15.1 Å². The number of aliphatic imine (C=N–C) groups is 1. The van der Waals surface area contributed by atoms with Gasteiger partial charge in [0.1, 0.15) is 11.9 Å². The van der Waals surface area contributed by atoms with E-state index < -0.39 is 11.7 Å². The lowest BCUT2D eigenvalue weighted by atomic mass is 10.0. The van der Waals surface area contributed by atoms with Crippen molar-refractivity contribution in [3.05, 3.63) is 35.4 Å². The van der Waals surface area contributed by atoms with E-state index in [1.807, 2.05) is 18.2 Å². The van der Waals surface area contributed by atoms with Crippen LogP contribution in [0.2, 0.25) is 0 Å². The molecule has 1 heterocycles. The quantitative estimate of drug-likeness (QED) is 0.816. The molecule has 6 nitrogen and oxygen atoms in total. The maximum Gasteiger partial charge on any atom is 0.414 e. The zero-order chi connectivity index (χ0) is 15.5. The van der Waals surface area contributed by atoms with E-state index in [1.54, 1.807) is 26.8 Å². The molecule has 1 atom stereocenters. The number of hydrogen-bond acceptors (Lipinski definition) is 5. The van der Waals surface area contributed by atoms with Crippen LogP contribution in [-0.4, -0.2) is 30.5 Å². The van der Waals surface area contributed by atoms with Gasteiger partial charge in [0.2, 0.25) is 5.96 Å². The highest BCUT2D eigenvalue weighted by Gasteiger charge is 2.24. The second kappa shape index (κ2) is 5.95. The first-order chi connectivity index (χ1) is 9.89. The summed E-state index contributed by atoms with van der Waals surface area (Å²) in [5.41, 5.74) is 0.910. The van der Waals surface area contributed by atoms with E-state index in [0.717, 1.165) is 11.8 Å². The Hall–Kier alpha value is -2.37. The summed E-state index contributed by atoms with van der Waals surface area (Å²) in [6, 6.07) is 7.17. The van der Waals surface area contributed by atoms with Gasteiger partial charge in [0.05, 0.1) is 12.6 Å². The SMILES string of the molecule is CC(C)(C)OC(=O)NC1=NCC(c2ccccc2C=O)N1. The number of benzene rings is 1. The molecule has 112 valence electrons. The minimum absolute atomic E-state index is 0.128. The predicted molar refractivity (Wildman–Crippen MR) is 79.4 cm³/mol. The van der Waals surface area contributed by atoms with Crippen molar-refractivity contribution in [3.63, 3.8) is 0 Å². The predicted octanol–water partition coefficient (Wildman–Crippen LogP) is 2.02. The molecule has 0 saturated carbocycles. The van der Waals surface area contributed by atoms with Crippen LogP contribution in [0.4, 0.5) is 4.79 Å². The molecule has 0 saturated heterocycles. The molecule has 0 fully saturated rings. The molecule has 1 aliphatic rings. The summed E-state index contributed by atoms with van der Waals surface area (Å²) >= 11 is 0. The maximum atomic E-state index is 11.7. The number of carbonyl (C=O) groups is 2. The van der Waals surface area contributed by atoms with Crippen molar-refractivity contribution >= 4 is 18.3 Å². The molecule has 1 aromatic rings. The lowest BCUT2D eigenvalue weighted by molar-refractivity contribution is 0.0561. The van der Waals surface area contributed by atoms with E-state index in [9.17, 15) is 9.59 Å². The smallest absolute Gasteiger partial charge is 0.414 e. The van der Waals surface area contributed by atoms with Gasteiger partial charge in [0.15, 0.2) is 0 Å². The van der Waals surface area contributed by atoms with Crippen LogP contribution in [0.1, 0.15) is 42.7 Å². The summed E-state index contributed by atoms with van der Waals surface area (Å²) < 4.78 is 5.16. The van der Waals surface area contributed by atoms with Crippen LogP contribution in [0.3, 0.4) is 0 Å². The first kappa shape index (κ1) is 15.0. The Morgan fingerprint density at radius 1 is 1.43 bits per heavy atom. The average Bonchev–Trinajstić information content (AvgIpc) is 2.84. The summed E-state index contributed by atoms with van der Waals surface area (Å²) in [5.74, 6) is 0.356. The number of nitrogens with zero attached hydrogens (tertiary/aromatic N) is 1. The standard InChI is InChI=1S/C15H19N3O3/c1-15(2,3)21-14(20)18-13-16-8-12(17-13)11-7-5-4-6-10(11)9-19/h4-7,9,12H,8H2,1-3H3,(H2,16,17,18,20). The van der Waals surface area contributed by atoms with Gasteiger partial charge in [-0.25, -0.2) is 4.79 Å². The molecule has 2 rings (SSSR count). The number of nitrogens with one attached hydrogen (secondary N) is 2. The van der Waals surface area contributed by atoms with Gasteiger partial charge in [-0.15, -0.1) is 0 Å². The van der Waals surface area contributed by atoms with Crippen molar-refractivity contribution in [1.82, 2.24) is 10.6 Å². The number of ether oxygens (including phenoxy) is 1. The van der Waals surface area contributed by atoms with Gasteiger partial charge >= 0.3 is 6.09 Å². The Morgan fingerprint density at radius 3 is 2.81 bits per heavy atom. The second-order valence-corrected chi connectivity index (χ2v) is 5.76. The van der Waals surface area contributed by atoms with E-state index in [2.05, 4.69) is 15.6 Å². The number of hydrogen-bond donors (Lipinski definition) is 2. The summed E-state index contributed by atoms with van der Waals surface area (Å²) in [4.78, 5) is 26.9. The number of carbonyl (C=O) groups excluding carboxylic acids is 2. The number of rotatable bonds is 2. The molecular formula is C15H19N3O3. The van der Waals surface area contributed by atoms with Crippen LogP contribution < -0.4 is 10.6 Å². The molecule has 0 aliphatic carbocycles. The van der Waals surface area contributed by atoms with Crippen molar-refractivity contribution in [3.8, 4) is 0 Å². The molecular weight excluding hydrogens is 270 g/mol. The first-order valence-corrected chi connectivity index (χ1v) is 6.74.